The van der Waals surface area contributed by atoms with E-state index in [0.717, 1.165) is 25.7 Å². The number of sulfonamides is 1. The first-order chi connectivity index (χ1) is 9.77. The zero-order valence-electron chi connectivity index (χ0n) is 13.2. The van der Waals surface area contributed by atoms with Crippen molar-refractivity contribution in [2.75, 3.05) is 25.9 Å². The minimum absolute atomic E-state index is 0.0261. The molecule has 1 saturated carbocycles. The maximum absolute atomic E-state index is 11.9. The SMILES string of the molecule is CCN(CCCNC(=O)CC1(N)CCCCC1)S(C)(=O)=O. The van der Waals surface area contributed by atoms with E-state index in [-0.39, 0.29) is 11.4 Å². The summed E-state index contributed by atoms with van der Waals surface area (Å²) in [5, 5.41) is 2.85. The molecule has 1 fully saturated rings. The van der Waals surface area contributed by atoms with E-state index < -0.39 is 10.0 Å². The third-order valence-corrected chi connectivity index (χ3v) is 5.47. The summed E-state index contributed by atoms with van der Waals surface area (Å²) in [5.74, 6) is -0.0261. The van der Waals surface area contributed by atoms with Crippen molar-refractivity contribution >= 4 is 15.9 Å². The van der Waals surface area contributed by atoms with Gasteiger partial charge < -0.3 is 11.1 Å². The number of nitrogens with zero attached hydrogens (tertiary/aromatic N) is 1. The van der Waals surface area contributed by atoms with E-state index >= 15 is 0 Å². The van der Waals surface area contributed by atoms with Gasteiger partial charge in [0.15, 0.2) is 0 Å². The summed E-state index contributed by atoms with van der Waals surface area (Å²) in [7, 11) is -3.15. The number of hydrogen-bond donors (Lipinski definition) is 2. The Kier molecular flexibility index (Phi) is 7.09. The van der Waals surface area contributed by atoms with Crippen molar-refractivity contribution in [3.8, 4) is 0 Å². The molecule has 6 nitrogen and oxygen atoms in total. The molecule has 0 heterocycles. The Balaban J connectivity index is 2.24. The predicted molar refractivity (Wildman–Crippen MR) is 84.3 cm³/mol. The highest BCUT2D eigenvalue weighted by Gasteiger charge is 2.29. The van der Waals surface area contributed by atoms with Crippen molar-refractivity contribution in [3.63, 3.8) is 0 Å². The van der Waals surface area contributed by atoms with Gasteiger partial charge in [-0.05, 0) is 19.3 Å². The lowest BCUT2D eigenvalue weighted by atomic mass is 9.80. The van der Waals surface area contributed by atoms with Crippen LogP contribution in [-0.2, 0) is 14.8 Å². The first-order valence-electron chi connectivity index (χ1n) is 7.77. The average Bonchev–Trinajstić information content (AvgIpc) is 2.37. The summed E-state index contributed by atoms with van der Waals surface area (Å²) in [6.45, 7) is 3.18. The molecule has 1 amide bonds. The van der Waals surface area contributed by atoms with Gasteiger partial charge in [0.2, 0.25) is 15.9 Å². The van der Waals surface area contributed by atoms with Gasteiger partial charge in [0, 0.05) is 31.6 Å². The second-order valence-electron chi connectivity index (χ2n) is 6.06. The Morgan fingerprint density at radius 2 is 1.90 bits per heavy atom. The van der Waals surface area contributed by atoms with Gasteiger partial charge in [0.1, 0.15) is 0 Å². The van der Waals surface area contributed by atoms with Gasteiger partial charge in [-0.15, -0.1) is 0 Å². The van der Waals surface area contributed by atoms with E-state index in [1.807, 2.05) is 0 Å². The van der Waals surface area contributed by atoms with Crippen LogP contribution < -0.4 is 11.1 Å². The molecule has 0 aliphatic heterocycles. The zero-order valence-corrected chi connectivity index (χ0v) is 14.0. The van der Waals surface area contributed by atoms with Crippen LogP contribution in [0.5, 0.6) is 0 Å². The summed E-state index contributed by atoms with van der Waals surface area (Å²) in [6, 6.07) is 0. The summed E-state index contributed by atoms with van der Waals surface area (Å²) >= 11 is 0. The van der Waals surface area contributed by atoms with E-state index in [4.69, 9.17) is 5.73 Å². The van der Waals surface area contributed by atoms with E-state index in [2.05, 4.69) is 5.32 Å². The molecule has 0 aromatic rings. The Hall–Kier alpha value is -0.660. The maximum Gasteiger partial charge on any atom is 0.221 e. The second kappa shape index (κ2) is 8.10. The molecule has 0 radical (unpaired) electrons. The molecule has 21 heavy (non-hydrogen) atoms. The summed E-state index contributed by atoms with van der Waals surface area (Å²) < 4.78 is 24.2. The lowest BCUT2D eigenvalue weighted by Crippen LogP contribution is -2.46. The van der Waals surface area contributed by atoms with E-state index in [1.165, 1.54) is 17.0 Å². The molecule has 3 N–H and O–H groups in total. The van der Waals surface area contributed by atoms with Crippen molar-refractivity contribution in [1.82, 2.24) is 9.62 Å². The number of rotatable bonds is 8. The van der Waals surface area contributed by atoms with E-state index in [1.54, 1.807) is 6.92 Å². The molecule has 0 atom stereocenters. The minimum Gasteiger partial charge on any atom is -0.356 e. The molecule has 7 heteroatoms. The van der Waals surface area contributed by atoms with Crippen LogP contribution in [0.4, 0.5) is 0 Å². The Labute approximate surface area is 128 Å². The smallest absolute Gasteiger partial charge is 0.221 e. The number of nitrogens with two attached hydrogens (primary N) is 1. The topological polar surface area (TPSA) is 92.5 Å². The monoisotopic (exact) mass is 319 g/mol. The van der Waals surface area contributed by atoms with Gasteiger partial charge in [-0.25, -0.2) is 12.7 Å². The molecule has 0 aromatic heterocycles. The second-order valence-corrected chi connectivity index (χ2v) is 8.04. The molecule has 0 unspecified atom stereocenters. The van der Waals surface area contributed by atoms with Crippen LogP contribution in [-0.4, -0.2) is 50.1 Å². The van der Waals surface area contributed by atoms with Crippen molar-refractivity contribution < 1.29 is 13.2 Å². The fourth-order valence-electron chi connectivity index (χ4n) is 2.86. The lowest BCUT2D eigenvalue weighted by molar-refractivity contribution is -0.122. The zero-order chi connectivity index (χ0) is 15.9. The molecule has 0 spiro atoms. The van der Waals surface area contributed by atoms with Crippen LogP contribution in [0.2, 0.25) is 0 Å². The lowest BCUT2D eigenvalue weighted by Gasteiger charge is -2.32. The molecular formula is C14H29N3O3S. The van der Waals surface area contributed by atoms with Crippen molar-refractivity contribution in [2.45, 2.75) is 57.4 Å². The first-order valence-corrected chi connectivity index (χ1v) is 9.62. The summed E-state index contributed by atoms with van der Waals surface area (Å²) in [5.41, 5.74) is 5.90. The van der Waals surface area contributed by atoms with Gasteiger partial charge in [-0.1, -0.05) is 26.2 Å². The van der Waals surface area contributed by atoms with Gasteiger partial charge in [0.05, 0.1) is 6.26 Å². The first kappa shape index (κ1) is 18.4. The molecule has 1 rings (SSSR count). The fraction of sp³-hybridized carbons (Fsp3) is 0.929. The minimum atomic E-state index is -3.15. The molecule has 0 aromatic carbocycles. The van der Waals surface area contributed by atoms with Crippen LogP contribution in [0.1, 0.15) is 51.9 Å². The summed E-state index contributed by atoms with van der Waals surface area (Å²) in [6.07, 6.45) is 7.43. The number of nitrogens with one attached hydrogen (secondary N) is 1. The number of hydrogen-bond acceptors (Lipinski definition) is 4. The van der Waals surface area contributed by atoms with Crippen LogP contribution in [0, 0.1) is 0 Å². The molecule has 1 aliphatic carbocycles. The van der Waals surface area contributed by atoms with Crippen molar-refractivity contribution in [1.29, 1.82) is 0 Å². The average molecular weight is 319 g/mol. The van der Waals surface area contributed by atoms with Gasteiger partial charge >= 0.3 is 0 Å². The van der Waals surface area contributed by atoms with Gasteiger partial charge in [-0.3, -0.25) is 4.79 Å². The standard InChI is InChI=1S/C14H29N3O3S/c1-3-17(21(2,19)20)11-7-10-16-13(18)12-14(15)8-5-4-6-9-14/h3-12,15H2,1-2H3,(H,16,18). The molecule has 124 valence electrons. The van der Waals surface area contributed by atoms with Crippen LogP contribution in [0.15, 0.2) is 0 Å². The van der Waals surface area contributed by atoms with Gasteiger partial charge in [-0.2, -0.15) is 0 Å². The number of amides is 1. The Morgan fingerprint density at radius 3 is 2.43 bits per heavy atom. The highest BCUT2D eigenvalue weighted by Crippen LogP contribution is 2.28. The molecular weight excluding hydrogens is 290 g/mol. The van der Waals surface area contributed by atoms with Crippen molar-refractivity contribution in [2.24, 2.45) is 5.73 Å². The summed E-state index contributed by atoms with van der Waals surface area (Å²) in [4.78, 5) is 11.9. The normalized spacial score (nSPS) is 18.7. The Morgan fingerprint density at radius 1 is 1.29 bits per heavy atom. The predicted octanol–water partition coefficient (Wildman–Crippen LogP) is 0.826. The van der Waals surface area contributed by atoms with E-state index in [0.29, 0.717) is 32.5 Å². The van der Waals surface area contributed by atoms with Crippen LogP contribution >= 0.6 is 0 Å². The third kappa shape index (κ3) is 6.76. The maximum atomic E-state index is 11.9. The highest BCUT2D eigenvalue weighted by molar-refractivity contribution is 7.88. The highest BCUT2D eigenvalue weighted by atomic mass is 32.2. The molecule has 1 aliphatic rings. The quantitative estimate of drug-likeness (QED) is 0.648. The van der Waals surface area contributed by atoms with Crippen LogP contribution in [0.3, 0.4) is 0 Å². The fourth-order valence-corrected chi connectivity index (χ4v) is 3.79. The third-order valence-electron chi connectivity index (χ3n) is 4.09. The van der Waals surface area contributed by atoms with Gasteiger partial charge in [0.25, 0.3) is 0 Å². The molecule has 0 saturated heterocycles. The van der Waals surface area contributed by atoms with Crippen molar-refractivity contribution in [3.05, 3.63) is 0 Å². The van der Waals surface area contributed by atoms with E-state index in [9.17, 15) is 13.2 Å². The Bertz CT molecular complexity index is 431. The largest absolute Gasteiger partial charge is 0.356 e. The molecule has 0 bridgehead atoms. The number of carbonyl (C=O) groups is 1. The van der Waals surface area contributed by atoms with Crippen LogP contribution in [0.25, 0.3) is 0 Å². The number of carbonyl (C=O) groups excluding carboxylic acids is 1.